The third-order valence-electron chi connectivity index (χ3n) is 6.02. The number of halogens is 1. The van der Waals surface area contributed by atoms with Gasteiger partial charge in [-0.15, -0.1) is 0 Å². The van der Waals surface area contributed by atoms with E-state index in [2.05, 4.69) is 23.3 Å². The van der Waals surface area contributed by atoms with Gasteiger partial charge in [0.15, 0.2) is 0 Å². The van der Waals surface area contributed by atoms with E-state index in [0.29, 0.717) is 30.8 Å². The summed E-state index contributed by atoms with van der Waals surface area (Å²) >= 11 is 0. The predicted octanol–water partition coefficient (Wildman–Crippen LogP) is 4.01. The van der Waals surface area contributed by atoms with Crippen molar-refractivity contribution in [3.63, 3.8) is 0 Å². The van der Waals surface area contributed by atoms with Crippen LogP contribution in [0.2, 0.25) is 0 Å². The van der Waals surface area contributed by atoms with Gasteiger partial charge in [0.2, 0.25) is 5.91 Å². The van der Waals surface area contributed by atoms with Crippen molar-refractivity contribution in [3.05, 3.63) is 101 Å². The molecular formula is C26H23FN4O2. The van der Waals surface area contributed by atoms with Crippen LogP contribution in [0.4, 0.5) is 4.39 Å². The quantitative estimate of drug-likeness (QED) is 0.469. The Morgan fingerprint density at radius 2 is 1.79 bits per heavy atom. The van der Waals surface area contributed by atoms with E-state index in [1.54, 1.807) is 35.2 Å². The molecule has 0 spiro atoms. The van der Waals surface area contributed by atoms with Gasteiger partial charge >= 0.3 is 0 Å². The highest BCUT2D eigenvalue weighted by molar-refractivity contribution is 5.78. The highest BCUT2D eigenvalue weighted by Gasteiger charge is 2.18. The van der Waals surface area contributed by atoms with Gasteiger partial charge in [0.05, 0.1) is 5.69 Å². The topological polar surface area (TPSA) is 59.6 Å². The summed E-state index contributed by atoms with van der Waals surface area (Å²) in [6, 6.07) is 17.9. The molecular weight excluding hydrogens is 419 g/mol. The molecule has 0 unspecified atom stereocenters. The van der Waals surface area contributed by atoms with Crippen molar-refractivity contribution in [1.82, 2.24) is 19.1 Å². The molecule has 1 amide bonds. The molecule has 0 bridgehead atoms. The fourth-order valence-corrected chi connectivity index (χ4v) is 4.15. The van der Waals surface area contributed by atoms with Gasteiger partial charge in [0.25, 0.3) is 5.56 Å². The summed E-state index contributed by atoms with van der Waals surface area (Å²) in [5.74, 6) is -0.291. The number of rotatable bonds is 5. The Morgan fingerprint density at radius 3 is 2.52 bits per heavy atom. The van der Waals surface area contributed by atoms with Crippen molar-refractivity contribution in [2.24, 2.45) is 0 Å². The SMILES string of the molecule is O=C(CCn1ccn2nc(-c3ccc(F)cc3)cc2c1=O)N1CC=C(c2ccccc2)CC1. The molecule has 2 aromatic carbocycles. The summed E-state index contributed by atoms with van der Waals surface area (Å²) in [7, 11) is 0. The van der Waals surface area contributed by atoms with E-state index in [1.165, 1.54) is 27.8 Å². The zero-order valence-electron chi connectivity index (χ0n) is 18.0. The standard InChI is InChI=1S/C26H23FN4O2/c27-22-8-6-21(7-9-22)23-18-24-26(33)30(16-17-31(24)28-23)15-12-25(32)29-13-10-20(11-14-29)19-4-2-1-3-5-19/h1-10,16-18H,11-15H2. The summed E-state index contributed by atoms with van der Waals surface area (Å²) in [5.41, 5.74) is 3.99. The first-order valence-corrected chi connectivity index (χ1v) is 11.0. The van der Waals surface area contributed by atoms with E-state index in [0.717, 1.165) is 12.0 Å². The minimum absolute atomic E-state index is 0.0330. The molecule has 2 aromatic heterocycles. The molecule has 5 rings (SSSR count). The zero-order valence-corrected chi connectivity index (χ0v) is 18.0. The van der Waals surface area contributed by atoms with E-state index in [1.807, 2.05) is 23.1 Å². The molecule has 4 aromatic rings. The first-order valence-electron chi connectivity index (χ1n) is 11.0. The first kappa shape index (κ1) is 20.9. The fourth-order valence-electron chi connectivity index (χ4n) is 4.15. The Bertz CT molecular complexity index is 1390. The van der Waals surface area contributed by atoms with Crippen LogP contribution in [0, 0.1) is 5.82 Å². The molecule has 0 fully saturated rings. The van der Waals surface area contributed by atoms with Gasteiger partial charge in [-0.2, -0.15) is 5.10 Å². The van der Waals surface area contributed by atoms with E-state index in [9.17, 15) is 14.0 Å². The largest absolute Gasteiger partial charge is 0.339 e. The first-order chi connectivity index (χ1) is 16.1. The van der Waals surface area contributed by atoms with Gasteiger partial charge in [-0.1, -0.05) is 36.4 Å². The number of carbonyl (C=O) groups is 1. The fraction of sp³-hybridized carbons (Fsp3) is 0.192. The maximum absolute atomic E-state index is 13.2. The lowest BCUT2D eigenvalue weighted by molar-refractivity contribution is -0.131. The molecule has 3 heterocycles. The van der Waals surface area contributed by atoms with Crippen molar-refractivity contribution in [2.45, 2.75) is 19.4 Å². The monoisotopic (exact) mass is 442 g/mol. The molecule has 0 aliphatic carbocycles. The third kappa shape index (κ3) is 4.35. The van der Waals surface area contributed by atoms with Crippen LogP contribution in [0.15, 0.2) is 83.9 Å². The van der Waals surface area contributed by atoms with Crippen molar-refractivity contribution in [2.75, 3.05) is 13.1 Å². The lowest BCUT2D eigenvalue weighted by atomic mass is 9.99. The van der Waals surface area contributed by atoms with Crippen LogP contribution in [0.3, 0.4) is 0 Å². The third-order valence-corrected chi connectivity index (χ3v) is 6.02. The maximum atomic E-state index is 13.2. The van der Waals surface area contributed by atoms with Crippen LogP contribution in [0.1, 0.15) is 18.4 Å². The minimum atomic E-state index is -0.324. The number of hydrogen-bond donors (Lipinski definition) is 0. The van der Waals surface area contributed by atoms with E-state index in [4.69, 9.17) is 0 Å². The molecule has 0 N–H and O–H groups in total. The van der Waals surface area contributed by atoms with Crippen LogP contribution in [0.5, 0.6) is 0 Å². The Hall–Kier alpha value is -4.00. The molecule has 1 aliphatic rings. The van der Waals surface area contributed by atoms with Crippen molar-refractivity contribution >= 4 is 17.0 Å². The Morgan fingerprint density at radius 1 is 1.00 bits per heavy atom. The maximum Gasteiger partial charge on any atom is 0.276 e. The Labute approximate surface area is 190 Å². The number of aryl methyl sites for hydroxylation is 1. The molecule has 7 heteroatoms. The van der Waals surface area contributed by atoms with Crippen LogP contribution >= 0.6 is 0 Å². The second kappa shape index (κ2) is 8.86. The Kier molecular flexibility index (Phi) is 5.60. The van der Waals surface area contributed by atoms with Crippen LogP contribution < -0.4 is 5.56 Å². The molecule has 0 saturated carbocycles. The lowest BCUT2D eigenvalue weighted by Gasteiger charge is -2.27. The highest BCUT2D eigenvalue weighted by Crippen LogP contribution is 2.22. The second-order valence-corrected chi connectivity index (χ2v) is 8.10. The second-order valence-electron chi connectivity index (χ2n) is 8.10. The van der Waals surface area contributed by atoms with Gasteiger partial charge in [-0.3, -0.25) is 9.59 Å². The molecule has 0 saturated heterocycles. The number of benzene rings is 2. The molecule has 1 aliphatic heterocycles. The molecule has 0 radical (unpaired) electrons. The number of carbonyl (C=O) groups excluding carboxylic acids is 1. The summed E-state index contributed by atoms with van der Waals surface area (Å²) in [5, 5.41) is 4.41. The van der Waals surface area contributed by atoms with E-state index < -0.39 is 0 Å². The number of fused-ring (bicyclic) bond motifs is 1. The predicted molar refractivity (Wildman–Crippen MR) is 125 cm³/mol. The zero-order chi connectivity index (χ0) is 22.8. The number of aromatic nitrogens is 3. The highest BCUT2D eigenvalue weighted by atomic mass is 19.1. The van der Waals surface area contributed by atoms with Crippen LogP contribution in [-0.2, 0) is 11.3 Å². The normalized spacial score (nSPS) is 13.8. The number of amides is 1. The van der Waals surface area contributed by atoms with Gasteiger partial charge in [-0.05, 0) is 47.9 Å². The minimum Gasteiger partial charge on any atom is -0.339 e. The lowest BCUT2D eigenvalue weighted by Crippen LogP contribution is -2.35. The summed E-state index contributed by atoms with van der Waals surface area (Å²) in [4.78, 5) is 27.5. The molecule has 33 heavy (non-hydrogen) atoms. The average Bonchev–Trinajstić information content (AvgIpc) is 3.30. The number of hydrogen-bond acceptors (Lipinski definition) is 3. The van der Waals surface area contributed by atoms with Crippen LogP contribution in [0.25, 0.3) is 22.3 Å². The summed E-state index contributed by atoms with van der Waals surface area (Å²) < 4.78 is 16.2. The van der Waals surface area contributed by atoms with Crippen molar-refractivity contribution in [3.8, 4) is 11.3 Å². The number of nitrogens with zero attached hydrogens (tertiary/aromatic N) is 4. The van der Waals surface area contributed by atoms with Gasteiger partial charge in [0, 0.05) is 44.0 Å². The molecule has 0 atom stereocenters. The smallest absolute Gasteiger partial charge is 0.276 e. The average molecular weight is 442 g/mol. The van der Waals surface area contributed by atoms with Crippen molar-refractivity contribution in [1.29, 1.82) is 0 Å². The summed E-state index contributed by atoms with van der Waals surface area (Å²) in [6.45, 7) is 1.56. The van der Waals surface area contributed by atoms with Crippen LogP contribution in [-0.4, -0.2) is 38.1 Å². The van der Waals surface area contributed by atoms with Crippen molar-refractivity contribution < 1.29 is 9.18 Å². The van der Waals surface area contributed by atoms with E-state index in [-0.39, 0.29) is 23.7 Å². The Balaban J connectivity index is 1.26. The molecule has 6 nitrogen and oxygen atoms in total. The van der Waals surface area contributed by atoms with Gasteiger partial charge in [-0.25, -0.2) is 8.91 Å². The molecule has 166 valence electrons. The summed E-state index contributed by atoms with van der Waals surface area (Å²) in [6.07, 6.45) is 6.53. The van der Waals surface area contributed by atoms with Gasteiger partial charge < -0.3 is 9.47 Å². The van der Waals surface area contributed by atoms with Gasteiger partial charge in [0.1, 0.15) is 11.3 Å². The van der Waals surface area contributed by atoms with E-state index >= 15 is 0 Å².